The highest BCUT2D eigenvalue weighted by molar-refractivity contribution is 7.93. The van der Waals surface area contributed by atoms with Gasteiger partial charge in [-0.3, -0.25) is 0 Å². The van der Waals surface area contributed by atoms with Gasteiger partial charge in [0.05, 0.1) is 53.2 Å². The minimum Gasteiger partial charge on any atom is -0.493 e. The fourth-order valence-electron chi connectivity index (χ4n) is 5.87. The van der Waals surface area contributed by atoms with E-state index in [0.29, 0.717) is 39.9 Å². The predicted octanol–water partition coefficient (Wildman–Crippen LogP) is 6.39. The average Bonchev–Trinajstić information content (AvgIpc) is 3.46. The van der Waals surface area contributed by atoms with Gasteiger partial charge in [-0.1, -0.05) is 45.0 Å². The zero-order chi connectivity index (χ0) is 34.8. The number of aliphatic hydroxyl groups is 1. The van der Waals surface area contributed by atoms with E-state index in [0.717, 1.165) is 0 Å². The van der Waals surface area contributed by atoms with Crippen molar-refractivity contribution in [1.29, 1.82) is 0 Å². The first-order chi connectivity index (χ1) is 22.1. The molecule has 12 heteroatoms. The summed E-state index contributed by atoms with van der Waals surface area (Å²) in [4.78, 5) is 0.0611. The van der Waals surface area contributed by atoms with Crippen molar-refractivity contribution < 1.29 is 46.4 Å². The SMILES string of the molecule is COc1ccc(C(O)[C@@]2(S(=O)(=O)c3ccccc3)CO[C@H](c3cc(OC)c(OC)c(OC)c3)[C@H]2CO[Si](C)(C)C(C)(C)C)cc1OC. The van der Waals surface area contributed by atoms with E-state index in [1.165, 1.54) is 47.7 Å². The molecule has 4 rings (SSSR count). The molecule has 0 radical (unpaired) electrons. The molecule has 1 aliphatic heterocycles. The van der Waals surface area contributed by atoms with Crippen molar-refractivity contribution in [2.75, 3.05) is 48.8 Å². The Morgan fingerprint density at radius 1 is 0.851 bits per heavy atom. The molecule has 1 heterocycles. The second-order valence-electron chi connectivity index (χ2n) is 13.2. The standard InChI is InChI=1S/C35H48O10SSi/c1-34(2,3)47(9,10)45-21-26-31(24-19-29(41-6)32(43-8)30(20-24)42-7)44-22-35(26,46(37,38)25-14-12-11-13-15-25)33(36)23-16-17-27(39-4)28(18-23)40-5/h11-20,26,31,33,36H,21-22H2,1-10H3/t26-,31-,33?,35-/m1/s1. The van der Waals surface area contributed by atoms with E-state index in [4.69, 9.17) is 32.8 Å². The smallest absolute Gasteiger partial charge is 0.203 e. The highest BCUT2D eigenvalue weighted by Crippen LogP contribution is 2.56. The van der Waals surface area contributed by atoms with E-state index in [1.807, 2.05) is 0 Å². The Hall–Kier alpha value is -3.29. The second kappa shape index (κ2) is 14.1. The molecule has 0 saturated carbocycles. The van der Waals surface area contributed by atoms with Crippen LogP contribution in [0, 0.1) is 5.92 Å². The first-order valence-corrected chi connectivity index (χ1v) is 19.8. The Labute approximate surface area is 279 Å². The molecule has 0 aliphatic carbocycles. The van der Waals surface area contributed by atoms with E-state index in [9.17, 15) is 5.11 Å². The summed E-state index contributed by atoms with van der Waals surface area (Å²) >= 11 is 0. The van der Waals surface area contributed by atoms with Crippen molar-refractivity contribution in [1.82, 2.24) is 0 Å². The van der Waals surface area contributed by atoms with Gasteiger partial charge in [-0.05, 0) is 65.7 Å². The van der Waals surface area contributed by atoms with E-state index >= 15 is 8.42 Å². The molecule has 1 unspecified atom stereocenters. The van der Waals surface area contributed by atoms with Gasteiger partial charge in [0, 0.05) is 12.5 Å². The van der Waals surface area contributed by atoms with Crippen molar-refractivity contribution >= 4 is 18.2 Å². The minimum atomic E-state index is -4.32. The lowest BCUT2D eigenvalue weighted by Gasteiger charge is -2.42. The number of ether oxygens (including phenoxy) is 6. The number of rotatable bonds is 13. The molecule has 4 atom stereocenters. The number of benzene rings is 3. The van der Waals surface area contributed by atoms with Crippen molar-refractivity contribution in [3.05, 3.63) is 71.8 Å². The summed E-state index contributed by atoms with van der Waals surface area (Å²) in [5.74, 6) is 1.06. The van der Waals surface area contributed by atoms with Crippen molar-refractivity contribution in [2.24, 2.45) is 5.92 Å². The van der Waals surface area contributed by atoms with Crippen LogP contribution in [0.15, 0.2) is 65.6 Å². The highest BCUT2D eigenvalue weighted by atomic mass is 32.2. The molecule has 47 heavy (non-hydrogen) atoms. The molecule has 1 fully saturated rings. The Bertz CT molecular complexity index is 1610. The van der Waals surface area contributed by atoms with Gasteiger partial charge >= 0.3 is 0 Å². The Kier molecular flexibility index (Phi) is 10.9. The zero-order valence-corrected chi connectivity index (χ0v) is 30.8. The maximum Gasteiger partial charge on any atom is 0.203 e. The minimum absolute atomic E-state index is 0.00572. The lowest BCUT2D eigenvalue weighted by Crippen LogP contribution is -2.54. The van der Waals surface area contributed by atoms with E-state index in [1.54, 1.807) is 48.5 Å². The molecule has 0 aromatic heterocycles. The van der Waals surface area contributed by atoms with Crippen LogP contribution in [0.4, 0.5) is 0 Å². The largest absolute Gasteiger partial charge is 0.493 e. The van der Waals surface area contributed by atoms with Crippen LogP contribution >= 0.6 is 0 Å². The van der Waals surface area contributed by atoms with E-state index in [-0.39, 0.29) is 23.1 Å². The number of sulfone groups is 1. The van der Waals surface area contributed by atoms with Gasteiger partial charge in [0.2, 0.25) is 5.75 Å². The molecule has 258 valence electrons. The number of methoxy groups -OCH3 is 5. The Balaban J connectivity index is 2.02. The second-order valence-corrected chi connectivity index (χ2v) is 20.2. The molecular weight excluding hydrogens is 641 g/mol. The number of hydrogen-bond acceptors (Lipinski definition) is 10. The van der Waals surface area contributed by atoms with Gasteiger partial charge in [-0.15, -0.1) is 0 Å². The Morgan fingerprint density at radius 2 is 1.43 bits per heavy atom. The summed E-state index contributed by atoms with van der Waals surface area (Å²) in [5, 5.41) is 12.3. The summed E-state index contributed by atoms with van der Waals surface area (Å²) in [6.45, 7) is 10.2. The lowest BCUT2D eigenvalue weighted by molar-refractivity contribution is 0.0719. The van der Waals surface area contributed by atoms with Gasteiger partial charge < -0.3 is 38.0 Å². The summed E-state index contributed by atoms with van der Waals surface area (Å²) in [7, 11) is 0.783. The molecule has 3 aromatic rings. The van der Waals surface area contributed by atoms with Crippen LogP contribution in [0.1, 0.15) is 44.1 Å². The molecule has 1 aliphatic rings. The van der Waals surface area contributed by atoms with Crippen molar-refractivity contribution in [2.45, 2.75) is 60.8 Å². The monoisotopic (exact) mass is 688 g/mol. The predicted molar refractivity (Wildman–Crippen MR) is 182 cm³/mol. The van der Waals surface area contributed by atoms with Crippen LogP contribution in [0.3, 0.4) is 0 Å². The molecule has 1 N–H and O–H groups in total. The van der Waals surface area contributed by atoms with Gasteiger partial charge in [-0.25, -0.2) is 8.42 Å². The number of hydrogen-bond donors (Lipinski definition) is 1. The van der Waals surface area contributed by atoms with Crippen LogP contribution in [-0.2, 0) is 19.0 Å². The van der Waals surface area contributed by atoms with Crippen LogP contribution < -0.4 is 23.7 Å². The van der Waals surface area contributed by atoms with E-state index in [2.05, 4.69) is 33.9 Å². The Morgan fingerprint density at radius 3 is 1.94 bits per heavy atom. The maximum atomic E-state index is 15.1. The molecule has 0 spiro atoms. The van der Waals surface area contributed by atoms with Gasteiger partial charge in [-0.2, -0.15) is 0 Å². The van der Waals surface area contributed by atoms with Crippen LogP contribution in [0.2, 0.25) is 18.1 Å². The van der Waals surface area contributed by atoms with Crippen LogP contribution in [0.5, 0.6) is 28.7 Å². The zero-order valence-electron chi connectivity index (χ0n) is 28.9. The first kappa shape index (κ1) is 36.5. The normalized spacial score (nSPS) is 20.8. The summed E-state index contributed by atoms with van der Waals surface area (Å²) in [5.41, 5.74) is 0.918. The number of aliphatic hydroxyl groups excluding tert-OH is 1. The molecule has 10 nitrogen and oxygen atoms in total. The molecule has 0 bridgehead atoms. The molecule has 3 aromatic carbocycles. The molecule has 0 amide bonds. The fraction of sp³-hybridized carbons (Fsp3) is 0.486. The third-order valence-electron chi connectivity index (χ3n) is 9.67. The fourth-order valence-corrected chi connectivity index (χ4v) is 9.09. The summed E-state index contributed by atoms with van der Waals surface area (Å²) in [6, 6.07) is 16.5. The molecular formula is C35H48O10SSi. The third-order valence-corrected chi connectivity index (χ3v) is 16.7. The van der Waals surface area contributed by atoms with Gasteiger partial charge in [0.15, 0.2) is 41.2 Å². The van der Waals surface area contributed by atoms with Crippen LogP contribution in [-0.4, -0.2) is 75.4 Å². The first-order valence-electron chi connectivity index (χ1n) is 15.4. The van der Waals surface area contributed by atoms with E-state index < -0.39 is 41.0 Å². The van der Waals surface area contributed by atoms with Crippen LogP contribution in [0.25, 0.3) is 0 Å². The quantitative estimate of drug-likeness (QED) is 0.203. The maximum absolute atomic E-state index is 15.1. The summed E-state index contributed by atoms with van der Waals surface area (Å²) in [6.07, 6.45) is -2.41. The van der Waals surface area contributed by atoms with Crippen molar-refractivity contribution in [3.8, 4) is 28.7 Å². The third kappa shape index (κ3) is 6.58. The van der Waals surface area contributed by atoms with Gasteiger partial charge in [0.1, 0.15) is 10.9 Å². The van der Waals surface area contributed by atoms with Gasteiger partial charge in [0.25, 0.3) is 0 Å². The summed E-state index contributed by atoms with van der Waals surface area (Å²) < 4.78 is 69.4. The van der Waals surface area contributed by atoms with Crippen molar-refractivity contribution in [3.63, 3.8) is 0 Å². The highest BCUT2D eigenvalue weighted by Gasteiger charge is 2.64. The topological polar surface area (TPSA) is 119 Å². The molecule has 1 saturated heterocycles. The average molecular weight is 689 g/mol. The lowest BCUT2D eigenvalue weighted by atomic mass is 9.81.